The molecule has 2 aromatic carbocycles. The molecular formula is C21H18N3O5P. The second-order valence-electron chi connectivity index (χ2n) is 6.70. The Morgan fingerprint density at radius 1 is 1.10 bits per heavy atom. The van der Waals surface area contributed by atoms with Crippen LogP contribution in [0.5, 0.6) is 0 Å². The number of carbonyl (C=O) groups is 1. The van der Waals surface area contributed by atoms with Gasteiger partial charge in [-0.05, 0) is 29.3 Å². The highest BCUT2D eigenvalue weighted by atomic mass is 31.2. The predicted molar refractivity (Wildman–Crippen MR) is 112 cm³/mol. The van der Waals surface area contributed by atoms with Gasteiger partial charge in [0.15, 0.2) is 0 Å². The molecule has 0 aliphatic carbocycles. The van der Waals surface area contributed by atoms with E-state index in [0.717, 1.165) is 16.7 Å². The van der Waals surface area contributed by atoms with Crippen molar-refractivity contribution in [3.05, 3.63) is 78.0 Å². The molecule has 0 bridgehead atoms. The Morgan fingerprint density at radius 2 is 1.83 bits per heavy atom. The standard InChI is InChI=1S/C21H18N3O5P/c25-21-19(12-22-17-8-6-14(7-9-17)13-29-30(26,27)28)18-10-16(11-23-20(18)24-21)15-4-2-1-3-5-15/h1-12,19H,13H2,(H,23,24,25)(H2,26,27,28). The van der Waals surface area contributed by atoms with Crippen LogP contribution < -0.4 is 5.32 Å². The topological polar surface area (TPSA) is 121 Å². The molecule has 0 saturated heterocycles. The summed E-state index contributed by atoms with van der Waals surface area (Å²) in [7, 11) is -4.51. The van der Waals surface area contributed by atoms with Crippen molar-refractivity contribution < 1.29 is 23.7 Å². The van der Waals surface area contributed by atoms with Crippen molar-refractivity contribution in [2.24, 2.45) is 4.99 Å². The first kappa shape index (κ1) is 20.1. The molecule has 8 nitrogen and oxygen atoms in total. The van der Waals surface area contributed by atoms with Crippen molar-refractivity contribution in [3.8, 4) is 11.1 Å². The molecule has 0 saturated carbocycles. The van der Waals surface area contributed by atoms with Gasteiger partial charge in [0, 0.05) is 23.5 Å². The Labute approximate surface area is 172 Å². The second kappa shape index (κ2) is 8.30. The zero-order valence-corrected chi connectivity index (χ0v) is 16.6. The largest absolute Gasteiger partial charge is 0.469 e. The molecule has 30 heavy (non-hydrogen) atoms. The predicted octanol–water partition coefficient (Wildman–Crippen LogP) is 3.80. The summed E-state index contributed by atoms with van der Waals surface area (Å²) >= 11 is 0. The molecule has 1 amide bonds. The van der Waals surface area contributed by atoms with Crippen LogP contribution in [-0.2, 0) is 20.5 Å². The van der Waals surface area contributed by atoms with E-state index in [4.69, 9.17) is 9.79 Å². The van der Waals surface area contributed by atoms with Gasteiger partial charge in [-0.3, -0.25) is 14.3 Å². The van der Waals surface area contributed by atoms with Crippen molar-refractivity contribution in [1.82, 2.24) is 4.98 Å². The van der Waals surface area contributed by atoms with E-state index < -0.39 is 13.7 Å². The smallest absolute Gasteiger partial charge is 0.310 e. The summed E-state index contributed by atoms with van der Waals surface area (Å²) in [5, 5.41) is 2.77. The molecule has 1 atom stereocenters. The van der Waals surface area contributed by atoms with Gasteiger partial charge in [0.05, 0.1) is 12.3 Å². The van der Waals surface area contributed by atoms with Crippen LogP contribution in [0.1, 0.15) is 17.0 Å². The van der Waals surface area contributed by atoms with Gasteiger partial charge in [0.25, 0.3) is 0 Å². The number of hydrogen-bond donors (Lipinski definition) is 3. The maximum Gasteiger partial charge on any atom is 0.469 e. The van der Waals surface area contributed by atoms with E-state index in [2.05, 4.69) is 19.8 Å². The molecule has 2 heterocycles. The number of amides is 1. The number of phosphoric ester groups is 1. The van der Waals surface area contributed by atoms with Crippen molar-refractivity contribution in [2.75, 3.05) is 5.32 Å². The van der Waals surface area contributed by atoms with E-state index in [9.17, 15) is 9.36 Å². The summed E-state index contributed by atoms with van der Waals surface area (Å²) < 4.78 is 15.2. The SMILES string of the molecule is O=C1Nc2ncc(-c3ccccc3)cc2C1C=Nc1ccc(COP(=O)(O)O)cc1. The first-order valence-electron chi connectivity index (χ1n) is 9.08. The molecule has 3 N–H and O–H groups in total. The minimum atomic E-state index is -4.51. The van der Waals surface area contributed by atoms with E-state index in [0.29, 0.717) is 17.1 Å². The summed E-state index contributed by atoms with van der Waals surface area (Å²) in [4.78, 5) is 38.7. The summed E-state index contributed by atoms with van der Waals surface area (Å²) in [5.74, 6) is -0.229. The van der Waals surface area contributed by atoms with Gasteiger partial charge in [-0.25, -0.2) is 9.55 Å². The lowest BCUT2D eigenvalue weighted by atomic mass is 9.99. The number of aromatic nitrogens is 1. The lowest BCUT2D eigenvalue weighted by Crippen LogP contribution is -2.12. The number of nitrogens with one attached hydrogen (secondary N) is 1. The molecule has 0 fully saturated rings. The highest BCUT2D eigenvalue weighted by Crippen LogP contribution is 2.37. The third-order valence-corrected chi connectivity index (χ3v) is 5.06. The van der Waals surface area contributed by atoms with E-state index >= 15 is 0 Å². The highest BCUT2D eigenvalue weighted by Gasteiger charge is 2.30. The van der Waals surface area contributed by atoms with Crippen molar-refractivity contribution >= 4 is 31.4 Å². The Bertz CT molecular complexity index is 1140. The van der Waals surface area contributed by atoms with E-state index in [-0.39, 0.29) is 12.5 Å². The van der Waals surface area contributed by atoms with Crippen LogP contribution in [-0.4, -0.2) is 26.9 Å². The normalized spacial score (nSPS) is 15.9. The number of pyridine rings is 1. The molecule has 1 unspecified atom stereocenters. The fourth-order valence-electron chi connectivity index (χ4n) is 3.09. The van der Waals surface area contributed by atoms with Gasteiger partial charge in [-0.1, -0.05) is 42.5 Å². The van der Waals surface area contributed by atoms with Crippen molar-refractivity contribution in [1.29, 1.82) is 0 Å². The summed E-state index contributed by atoms with van der Waals surface area (Å²) in [6.45, 7) is -0.208. The Balaban J connectivity index is 1.52. The van der Waals surface area contributed by atoms with Crippen LogP contribution in [0.25, 0.3) is 11.1 Å². The summed E-state index contributed by atoms with van der Waals surface area (Å²) in [6.07, 6.45) is 3.30. The number of anilines is 1. The van der Waals surface area contributed by atoms with Crippen LogP contribution in [0, 0.1) is 0 Å². The molecular weight excluding hydrogens is 405 g/mol. The van der Waals surface area contributed by atoms with Gasteiger partial charge >= 0.3 is 7.82 Å². The maximum absolute atomic E-state index is 12.4. The number of rotatable bonds is 6. The fraction of sp³-hybridized carbons (Fsp3) is 0.0952. The third kappa shape index (κ3) is 4.69. The fourth-order valence-corrected chi connectivity index (χ4v) is 3.41. The van der Waals surface area contributed by atoms with Crippen LogP contribution in [0.15, 0.2) is 71.9 Å². The Kier molecular flexibility index (Phi) is 5.57. The molecule has 3 aromatic rings. The van der Waals surface area contributed by atoms with Gasteiger partial charge in [0.1, 0.15) is 11.7 Å². The Morgan fingerprint density at radius 3 is 2.53 bits per heavy atom. The van der Waals surface area contributed by atoms with Crippen LogP contribution in [0.4, 0.5) is 11.5 Å². The van der Waals surface area contributed by atoms with Crippen molar-refractivity contribution in [2.45, 2.75) is 12.5 Å². The molecule has 1 aliphatic rings. The Hall–Kier alpha value is -3.16. The number of aliphatic imine (C=N–C) groups is 1. The number of benzene rings is 2. The van der Waals surface area contributed by atoms with E-state index in [1.165, 1.54) is 0 Å². The zero-order chi connectivity index (χ0) is 21.1. The monoisotopic (exact) mass is 423 g/mol. The number of nitrogens with zero attached hydrogens (tertiary/aromatic N) is 2. The van der Waals surface area contributed by atoms with Gasteiger partial charge < -0.3 is 15.1 Å². The number of carbonyl (C=O) groups excluding carboxylic acids is 1. The first-order valence-corrected chi connectivity index (χ1v) is 10.6. The van der Waals surface area contributed by atoms with Crippen LogP contribution >= 0.6 is 7.82 Å². The minimum Gasteiger partial charge on any atom is -0.310 e. The molecule has 0 radical (unpaired) electrons. The van der Waals surface area contributed by atoms with Gasteiger partial charge in [-0.2, -0.15) is 0 Å². The van der Waals surface area contributed by atoms with E-state index in [1.807, 2.05) is 36.4 Å². The summed E-state index contributed by atoms with van der Waals surface area (Å²) in [6, 6.07) is 18.4. The van der Waals surface area contributed by atoms with Gasteiger partial charge in [-0.15, -0.1) is 0 Å². The van der Waals surface area contributed by atoms with Crippen molar-refractivity contribution in [3.63, 3.8) is 0 Å². The van der Waals surface area contributed by atoms with Gasteiger partial charge in [0.2, 0.25) is 5.91 Å². The number of phosphoric acid groups is 1. The molecule has 0 spiro atoms. The molecule has 1 aromatic heterocycles. The van der Waals surface area contributed by atoms with E-state index in [1.54, 1.807) is 36.7 Å². The minimum absolute atomic E-state index is 0.196. The lowest BCUT2D eigenvalue weighted by Gasteiger charge is -2.06. The molecule has 4 rings (SSSR count). The maximum atomic E-state index is 12.4. The quantitative estimate of drug-likeness (QED) is 0.410. The molecule has 9 heteroatoms. The highest BCUT2D eigenvalue weighted by molar-refractivity contribution is 7.46. The third-order valence-electron chi connectivity index (χ3n) is 4.59. The van der Waals surface area contributed by atoms with Crippen LogP contribution in [0.2, 0.25) is 0 Å². The first-order chi connectivity index (χ1) is 14.4. The molecule has 1 aliphatic heterocycles. The lowest BCUT2D eigenvalue weighted by molar-refractivity contribution is -0.115. The molecule has 152 valence electrons. The second-order valence-corrected chi connectivity index (χ2v) is 7.94. The summed E-state index contributed by atoms with van der Waals surface area (Å²) in [5.41, 5.74) is 3.88. The average Bonchev–Trinajstić information content (AvgIpc) is 3.06. The number of fused-ring (bicyclic) bond motifs is 1. The average molecular weight is 423 g/mol. The number of hydrogen-bond acceptors (Lipinski definition) is 5. The zero-order valence-electron chi connectivity index (χ0n) is 15.7. The van der Waals surface area contributed by atoms with Crippen LogP contribution in [0.3, 0.4) is 0 Å².